The summed E-state index contributed by atoms with van der Waals surface area (Å²) in [5, 5.41) is 13.4. The van der Waals surface area contributed by atoms with Crippen LogP contribution in [-0.4, -0.2) is 24.9 Å². The third kappa shape index (κ3) is 3.31. The highest BCUT2D eigenvalue weighted by molar-refractivity contribution is 7.98. The first kappa shape index (κ1) is 17.1. The van der Waals surface area contributed by atoms with E-state index in [4.69, 9.17) is 4.52 Å². The zero-order valence-electron chi connectivity index (χ0n) is 14.8. The standard InChI is InChI=1S/C20H16FN5OS/c21-16-9-5-4-8-15(16)18-23-24-20(26(18)14-10-11-14)28-12-17-22-19(27-25-17)13-6-2-1-3-7-13/h1-9,14H,10-12H2. The van der Waals surface area contributed by atoms with Gasteiger partial charge in [-0.25, -0.2) is 4.39 Å². The smallest absolute Gasteiger partial charge is 0.257 e. The van der Waals surface area contributed by atoms with Gasteiger partial charge in [-0.05, 0) is 37.1 Å². The molecule has 2 aromatic heterocycles. The Bertz CT molecular complexity index is 1110. The van der Waals surface area contributed by atoms with E-state index in [0.717, 1.165) is 23.6 Å². The number of aromatic nitrogens is 5. The molecule has 0 N–H and O–H groups in total. The Balaban J connectivity index is 1.38. The maximum atomic E-state index is 14.2. The molecule has 0 spiro atoms. The molecule has 2 aromatic carbocycles. The van der Waals surface area contributed by atoms with Crippen LogP contribution in [0, 0.1) is 5.82 Å². The molecule has 0 radical (unpaired) electrons. The molecule has 1 saturated carbocycles. The lowest BCUT2D eigenvalue weighted by Crippen LogP contribution is -2.01. The largest absolute Gasteiger partial charge is 0.334 e. The van der Waals surface area contributed by atoms with Gasteiger partial charge in [0.1, 0.15) is 5.82 Å². The van der Waals surface area contributed by atoms with E-state index in [2.05, 4.69) is 20.3 Å². The maximum absolute atomic E-state index is 14.2. The average Bonchev–Trinajstić information content (AvgIpc) is 3.30. The van der Waals surface area contributed by atoms with E-state index >= 15 is 0 Å². The minimum Gasteiger partial charge on any atom is -0.334 e. The van der Waals surface area contributed by atoms with Crippen molar-refractivity contribution in [1.82, 2.24) is 24.9 Å². The van der Waals surface area contributed by atoms with Crippen molar-refractivity contribution in [3.63, 3.8) is 0 Å². The van der Waals surface area contributed by atoms with Gasteiger partial charge < -0.3 is 4.52 Å². The Morgan fingerprint density at radius 2 is 1.82 bits per heavy atom. The first-order valence-corrected chi connectivity index (χ1v) is 9.99. The van der Waals surface area contributed by atoms with Crippen LogP contribution in [0.3, 0.4) is 0 Å². The van der Waals surface area contributed by atoms with E-state index in [0.29, 0.717) is 34.9 Å². The molecule has 28 heavy (non-hydrogen) atoms. The quantitative estimate of drug-likeness (QED) is 0.440. The Labute approximate surface area is 164 Å². The molecule has 5 rings (SSSR count). The number of halogens is 1. The summed E-state index contributed by atoms with van der Waals surface area (Å²) in [5.41, 5.74) is 1.36. The summed E-state index contributed by atoms with van der Waals surface area (Å²) in [5.74, 6) is 1.85. The lowest BCUT2D eigenvalue weighted by molar-refractivity contribution is 0.425. The number of rotatable bonds is 6. The highest BCUT2D eigenvalue weighted by Crippen LogP contribution is 2.41. The van der Waals surface area contributed by atoms with Crippen molar-refractivity contribution >= 4 is 11.8 Å². The van der Waals surface area contributed by atoms with E-state index in [9.17, 15) is 4.39 Å². The summed E-state index contributed by atoms with van der Waals surface area (Å²) in [6, 6.07) is 16.6. The summed E-state index contributed by atoms with van der Waals surface area (Å²) in [6.45, 7) is 0. The number of thioether (sulfide) groups is 1. The van der Waals surface area contributed by atoms with Crippen molar-refractivity contribution in [2.75, 3.05) is 0 Å². The molecular weight excluding hydrogens is 377 g/mol. The molecule has 0 amide bonds. The predicted molar refractivity (Wildman–Crippen MR) is 103 cm³/mol. The van der Waals surface area contributed by atoms with E-state index in [1.165, 1.54) is 17.8 Å². The van der Waals surface area contributed by atoms with Crippen LogP contribution in [0.1, 0.15) is 24.7 Å². The van der Waals surface area contributed by atoms with Crippen LogP contribution in [0.25, 0.3) is 22.8 Å². The van der Waals surface area contributed by atoms with Crippen molar-refractivity contribution in [2.24, 2.45) is 0 Å². The van der Waals surface area contributed by atoms with Gasteiger partial charge in [0, 0.05) is 11.6 Å². The van der Waals surface area contributed by atoms with E-state index < -0.39 is 0 Å². The van der Waals surface area contributed by atoms with Gasteiger partial charge in [0.05, 0.1) is 11.3 Å². The fraction of sp³-hybridized carbons (Fsp3) is 0.200. The lowest BCUT2D eigenvalue weighted by atomic mass is 10.2. The molecule has 140 valence electrons. The first-order chi connectivity index (χ1) is 13.8. The molecule has 1 aliphatic carbocycles. The lowest BCUT2D eigenvalue weighted by Gasteiger charge is -2.08. The number of nitrogens with zero attached hydrogens (tertiary/aromatic N) is 5. The molecule has 1 aliphatic rings. The molecule has 0 saturated heterocycles. The molecule has 8 heteroatoms. The normalized spacial score (nSPS) is 13.8. The Kier molecular flexibility index (Phi) is 4.40. The summed E-state index contributed by atoms with van der Waals surface area (Å²) in [7, 11) is 0. The molecule has 4 aromatic rings. The van der Waals surface area contributed by atoms with Gasteiger partial charge in [0.2, 0.25) is 0 Å². The van der Waals surface area contributed by atoms with Crippen molar-refractivity contribution in [3.05, 3.63) is 66.2 Å². The number of benzene rings is 2. The van der Waals surface area contributed by atoms with E-state index in [1.54, 1.807) is 12.1 Å². The summed E-state index contributed by atoms with van der Waals surface area (Å²) in [6.07, 6.45) is 2.10. The Hall–Kier alpha value is -3.00. The molecule has 0 atom stereocenters. The van der Waals surface area contributed by atoms with Crippen molar-refractivity contribution in [2.45, 2.75) is 29.8 Å². The van der Waals surface area contributed by atoms with Crippen molar-refractivity contribution < 1.29 is 8.91 Å². The van der Waals surface area contributed by atoms with Gasteiger partial charge in [-0.15, -0.1) is 10.2 Å². The van der Waals surface area contributed by atoms with Gasteiger partial charge in [0.25, 0.3) is 5.89 Å². The fourth-order valence-corrected chi connectivity index (χ4v) is 3.85. The average molecular weight is 393 g/mol. The molecule has 0 bridgehead atoms. The van der Waals surface area contributed by atoms with Crippen LogP contribution in [0.4, 0.5) is 4.39 Å². The monoisotopic (exact) mass is 393 g/mol. The van der Waals surface area contributed by atoms with Crippen molar-refractivity contribution in [1.29, 1.82) is 0 Å². The zero-order valence-corrected chi connectivity index (χ0v) is 15.6. The van der Waals surface area contributed by atoms with Crippen molar-refractivity contribution in [3.8, 4) is 22.8 Å². The molecule has 6 nitrogen and oxygen atoms in total. The zero-order chi connectivity index (χ0) is 18.9. The molecular formula is C20H16FN5OS. The SMILES string of the molecule is Fc1ccccc1-c1nnc(SCc2noc(-c3ccccc3)n2)n1C1CC1. The van der Waals surface area contributed by atoms with Gasteiger partial charge in [-0.3, -0.25) is 4.57 Å². The highest BCUT2D eigenvalue weighted by Gasteiger charge is 2.31. The van der Waals surface area contributed by atoms with Gasteiger partial charge >= 0.3 is 0 Å². The first-order valence-electron chi connectivity index (χ1n) is 9.00. The van der Waals surface area contributed by atoms with Gasteiger partial charge in [0.15, 0.2) is 16.8 Å². The Morgan fingerprint density at radius 1 is 1.04 bits per heavy atom. The topological polar surface area (TPSA) is 69.6 Å². The fourth-order valence-electron chi connectivity index (χ4n) is 3.00. The molecule has 1 fully saturated rings. The van der Waals surface area contributed by atoms with Crippen LogP contribution in [0.5, 0.6) is 0 Å². The minimum absolute atomic E-state index is 0.293. The van der Waals surface area contributed by atoms with Crippen LogP contribution in [-0.2, 0) is 5.75 Å². The third-order valence-corrected chi connectivity index (χ3v) is 5.45. The second-order valence-electron chi connectivity index (χ2n) is 6.56. The third-order valence-electron chi connectivity index (χ3n) is 4.51. The van der Waals surface area contributed by atoms with Gasteiger partial charge in [-0.1, -0.05) is 47.3 Å². The van der Waals surface area contributed by atoms with Crippen LogP contribution in [0.2, 0.25) is 0 Å². The second kappa shape index (κ2) is 7.20. The summed E-state index contributed by atoms with van der Waals surface area (Å²) in [4.78, 5) is 4.45. The summed E-state index contributed by atoms with van der Waals surface area (Å²) < 4.78 is 21.6. The highest BCUT2D eigenvalue weighted by atomic mass is 32.2. The Morgan fingerprint density at radius 3 is 2.61 bits per heavy atom. The molecule has 0 aliphatic heterocycles. The van der Waals surface area contributed by atoms with Crippen LogP contribution in [0.15, 0.2) is 64.3 Å². The molecule has 0 unspecified atom stereocenters. The molecule has 2 heterocycles. The second-order valence-corrected chi connectivity index (χ2v) is 7.50. The number of hydrogen-bond donors (Lipinski definition) is 0. The number of hydrogen-bond acceptors (Lipinski definition) is 6. The van der Waals surface area contributed by atoms with E-state index in [-0.39, 0.29) is 5.82 Å². The summed E-state index contributed by atoms with van der Waals surface area (Å²) >= 11 is 1.48. The maximum Gasteiger partial charge on any atom is 0.257 e. The van der Waals surface area contributed by atoms with Crippen LogP contribution >= 0.6 is 11.8 Å². The van der Waals surface area contributed by atoms with E-state index in [1.807, 2.05) is 41.0 Å². The minimum atomic E-state index is -0.293. The predicted octanol–water partition coefficient (Wildman–Crippen LogP) is 4.76. The van der Waals surface area contributed by atoms with Crippen LogP contribution < -0.4 is 0 Å². The van der Waals surface area contributed by atoms with Gasteiger partial charge in [-0.2, -0.15) is 4.98 Å².